The van der Waals surface area contributed by atoms with Crippen molar-refractivity contribution >= 4 is 21.6 Å². The summed E-state index contributed by atoms with van der Waals surface area (Å²) in [7, 11) is 1.00. The van der Waals surface area contributed by atoms with Gasteiger partial charge in [0, 0.05) is 25.2 Å². The van der Waals surface area contributed by atoms with Crippen LogP contribution in [0.25, 0.3) is 10.2 Å². The number of hydrogen-bond acceptors (Lipinski definition) is 4. The molecule has 3 nitrogen and oxygen atoms in total. The van der Waals surface area contributed by atoms with Gasteiger partial charge in [-0.2, -0.15) is 0 Å². The topological polar surface area (TPSA) is 42.4 Å². The van der Waals surface area contributed by atoms with E-state index >= 15 is 0 Å². The number of aromatic nitrogens is 1. The molecule has 0 amide bonds. The third kappa shape index (κ3) is 1.66. The molecule has 0 saturated heterocycles. The van der Waals surface area contributed by atoms with Gasteiger partial charge in [0.05, 0.1) is 21.8 Å². The van der Waals surface area contributed by atoms with E-state index in [4.69, 9.17) is 9.84 Å². The molecule has 0 bridgehead atoms. The van der Waals surface area contributed by atoms with Crippen LogP contribution >= 0.6 is 11.3 Å². The van der Waals surface area contributed by atoms with Gasteiger partial charge in [0.25, 0.3) is 0 Å². The van der Waals surface area contributed by atoms with E-state index in [9.17, 15) is 4.39 Å². The molecule has 0 unspecified atom stereocenters. The zero-order chi connectivity index (χ0) is 11.7. The fourth-order valence-corrected chi connectivity index (χ4v) is 2.79. The molecular weight excluding hydrogens is 229 g/mol. The van der Waals surface area contributed by atoms with Crippen molar-refractivity contribution in [3.05, 3.63) is 22.5 Å². The van der Waals surface area contributed by atoms with Crippen molar-refractivity contribution in [3.63, 3.8) is 0 Å². The Labute approximate surface area is 96.5 Å². The number of hydrogen-bond donors (Lipinski definition) is 1. The Bertz CT molecular complexity index is 524. The molecule has 3 rings (SSSR count). The van der Waals surface area contributed by atoms with Crippen molar-refractivity contribution < 1.29 is 14.2 Å². The number of benzene rings is 1. The van der Waals surface area contributed by atoms with Crippen LogP contribution in [0.4, 0.5) is 4.39 Å². The zero-order valence-corrected chi connectivity index (χ0v) is 9.90. The van der Waals surface area contributed by atoms with Crippen LogP contribution in [0.2, 0.25) is 0 Å². The van der Waals surface area contributed by atoms with Gasteiger partial charge >= 0.3 is 0 Å². The lowest BCUT2D eigenvalue weighted by atomic mass is 10.1. The standard InChI is InChI=1S/C10H8FNOS.CH4O/c1-5-12-8-4-7(11)9-6(2-3-13-9)10(8)14-5;1-2/h4H,2-3H2,1H3;2H,1H3. The minimum Gasteiger partial charge on any atom is -0.490 e. The Kier molecular flexibility index (Phi) is 3.07. The summed E-state index contributed by atoms with van der Waals surface area (Å²) in [4.78, 5) is 4.27. The molecule has 2 heterocycles. The highest BCUT2D eigenvalue weighted by Gasteiger charge is 2.21. The van der Waals surface area contributed by atoms with E-state index in [0.717, 1.165) is 34.3 Å². The minimum absolute atomic E-state index is 0.282. The SMILES string of the molecule is CO.Cc1nc2cc(F)c3c(c2s1)CCO3. The lowest BCUT2D eigenvalue weighted by Crippen LogP contribution is -1.88. The number of aryl methyl sites for hydroxylation is 1. The lowest BCUT2D eigenvalue weighted by molar-refractivity contribution is 0.339. The summed E-state index contributed by atoms with van der Waals surface area (Å²) in [5, 5.41) is 7.97. The number of aliphatic hydroxyl groups excluding tert-OH is 1. The molecular formula is C11H12FNO2S. The van der Waals surface area contributed by atoms with Gasteiger partial charge in [0.1, 0.15) is 0 Å². The molecule has 1 aliphatic rings. The first kappa shape index (κ1) is 11.3. The maximum absolute atomic E-state index is 13.5. The van der Waals surface area contributed by atoms with Crippen LogP contribution in [0.15, 0.2) is 6.07 Å². The van der Waals surface area contributed by atoms with Crippen LogP contribution in [0, 0.1) is 12.7 Å². The fourth-order valence-electron chi connectivity index (χ4n) is 1.83. The van der Waals surface area contributed by atoms with Crippen molar-refractivity contribution in [1.82, 2.24) is 4.98 Å². The van der Waals surface area contributed by atoms with Gasteiger partial charge in [-0.1, -0.05) is 0 Å². The lowest BCUT2D eigenvalue weighted by Gasteiger charge is -2.00. The van der Waals surface area contributed by atoms with E-state index < -0.39 is 0 Å². The van der Waals surface area contributed by atoms with Gasteiger partial charge in [-0.25, -0.2) is 9.37 Å². The van der Waals surface area contributed by atoms with Crippen molar-refractivity contribution in [2.24, 2.45) is 0 Å². The third-order valence-corrected chi connectivity index (χ3v) is 3.43. The molecule has 1 aromatic heterocycles. The monoisotopic (exact) mass is 241 g/mol. The number of rotatable bonds is 0. The molecule has 5 heteroatoms. The fraction of sp³-hybridized carbons (Fsp3) is 0.364. The van der Waals surface area contributed by atoms with Crippen LogP contribution in [0.5, 0.6) is 5.75 Å². The summed E-state index contributed by atoms with van der Waals surface area (Å²) in [6.07, 6.45) is 0.797. The van der Waals surface area contributed by atoms with Gasteiger partial charge < -0.3 is 9.84 Å². The van der Waals surface area contributed by atoms with Gasteiger partial charge in [-0.05, 0) is 6.92 Å². The van der Waals surface area contributed by atoms with E-state index in [1.807, 2.05) is 6.92 Å². The van der Waals surface area contributed by atoms with Crippen molar-refractivity contribution in [2.45, 2.75) is 13.3 Å². The average Bonchev–Trinajstić information content (AvgIpc) is 2.86. The maximum Gasteiger partial charge on any atom is 0.167 e. The molecule has 0 spiro atoms. The summed E-state index contributed by atoms with van der Waals surface area (Å²) < 4.78 is 19.8. The van der Waals surface area contributed by atoms with E-state index in [0.29, 0.717) is 12.4 Å². The van der Waals surface area contributed by atoms with Crippen LogP contribution in [0.3, 0.4) is 0 Å². The number of aliphatic hydroxyl groups is 1. The Morgan fingerprint density at radius 1 is 1.50 bits per heavy atom. The highest BCUT2D eigenvalue weighted by atomic mass is 32.1. The first-order valence-electron chi connectivity index (χ1n) is 4.92. The largest absolute Gasteiger partial charge is 0.490 e. The van der Waals surface area contributed by atoms with E-state index in [1.54, 1.807) is 11.3 Å². The highest BCUT2D eigenvalue weighted by Crippen LogP contribution is 2.37. The van der Waals surface area contributed by atoms with Crippen molar-refractivity contribution in [3.8, 4) is 5.75 Å². The average molecular weight is 241 g/mol. The second kappa shape index (κ2) is 4.35. The third-order valence-electron chi connectivity index (χ3n) is 2.39. The molecule has 0 atom stereocenters. The Balaban J connectivity index is 0.000000457. The molecule has 1 aliphatic heterocycles. The van der Waals surface area contributed by atoms with Crippen LogP contribution in [0.1, 0.15) is 10.6 Å². The molecule has 0 aliphatic carbocycles. The van der Waals surface area contributed by atoms with Gasteiger partial charge in [0.2, 0.25) is 0 Å². The number of nitrogens with zero attached hydrogens (tertiary/aromatic N) is 1. The summed E-state index contributed by atoms with van der Waals surface area (Å²) in [6, 6.07) is 1.46. The Hall–Kier alpha value is -1.20. The highest BCUT2D eigenvalue weighted by molar-refractivity contribution is 7.18. The molecule has 16 heavy (non-hydrogen) atoms. The number of thiazole rings is 1. The molecule has 1 aromatic carbocycles. The van der Waals surface area contributed by atoms with Gasteiger partial charge in [-0.3, -0.25) is 0 Å². The van der Waals surface area contributed by atoms with Gasteiger partial charge in [0.15, 0.2) is 11.6 Å². The Morgan fingerprint density at radius 2 is 2.25 bits per heavy atom. The summed E-state index contributed by atoms with van der Waals surface area (Å²) in [6.45, 7) is 2.52. The summed E-state index contributed by atoms with van der Waals surface area (Å²) >= 11 is 1.61. The van der Waals surface area contributed by atoms with E-state index in [2.05, 4.69) is 4.98 Å². The molecule has 0 fully saturated rings. The van der Waals surface area contributed by atoms with Crippen molar-refractivity contribution in [2.75, 3.05) is 13.7 Å². The van der Waals surface area contributed by atoms with E-state index in [1.165, 1.54) is 6.07 Å². The number of halogens is 1. The minimum atomic E-state index is -0.282. The number of fused-ring (bicyclic) bond motifs is 3. The van der Waals surface area contributed by atoms with E-state index in [-0.39, 0.29) is 5.82 Å². The Morgan fingerprint density at radius 3 is 3.00 bits per heavy atom. The second-order valence-corrected chi connectivity index (χ2v) is 4.55. The van der Waals surface area contributed by atoms with Crippen LogP contribution < -0.4 is 4.74 Å². The molecule has 0 radical (unpaired) electrons. The first-order chi connectivity index (χ1) is 7.75. The molecule has 1 N–H and O–H groups in total. The predicted molar refractivity (Wildman–Crippen MR) is 61.7 cm³/mol. The zero-order valence-electron chi connectivity index (χ0n) is 9.08. The summed E-state index contributed by atoms with van der Waals surface area (Å²) in [5.41, 5.74) is 1.75. The number of ether oxygens (including phenoxy) is 1. The predicted octanol–water partition coefficient (Wildman–Crippen LogP) is 2.29. The van der Waals surface area contributed by atoms with Gasteiger partial charge in [-0.15, -0.1) is 11.3 Å². The normalized spacial score (nSPS) is 13.0. The quantitative estimate of drug-likeness (QED) is 0.769. The van der Waals surface area contributed by atoms with Crippen molar-refractivity contribution in [1.29, 1.82) is 0 Å². The summed E-state index contributed by atoms with van der Waals surface area (Å²) in [5.74, 6) is 0.149. The molecule has 2 aromatic rings. The molecule has 0 saturated carbocycles. The second-order valence-electron chi connectivity index (χ2n) is 3.35. The van der Waals surface area contributed by atoms with Crippen LogP contribution in [-0.2, 0) is 6.42 Å². The first-order valence-corrected chi connectivity index (χ1v) is 5.73. The smallest absolute Gasteiger partial charge is 0.167 e. The maximum atomic E-state index is 13.5. The van der Waals surface area contributed by atoms with Crippen LogP contribution in [-0.4, -0.2) is 23.8 Å². The molecule has 86 valence electrons.